The quantitative estimate of drug-likeness (QED) is 0.801. The third kappa shape index (κ3) is 4.24. The lowest BCUT2D eigenvalue weighted by molar-refractivity contribution is 0.358. The zero-order valence-electron chi connectivity index (χ0n) is 13.6. The summed E-state index contributed by atoms with van der Waals surface area (Å²) in [5.74, 6) is 0.539. The second-order valence-corrected chi connectivity index (χ2v) is 7.67. The van der Waals surface area contributed by atoms with Crippen molar-refractivity contribution >= 4 is 33.5 Å². The molecule has 1 aliphatic rings. The van der Waals surface area contributed by atoms with Crippen LogP contribution in [0.5, 0.6) is 0 Å². The molecule has 1 aliphatic heterocycles. The SMILES string of the molecule is CCc1noc2ncc(S(=O)(=O)NCCC3CCCNC3)cc12.Cl. The van der Waals surface area contributed by atoms with Gasteiger partial charge in [0.15, 0.2) is 0 Å². The van der Waals surface area contributed by atoms with Gasteiger partial charge in [0.25, 0.3) is 5.71 Å². The van der Waals surface area contributed by atoms with Crippen LogP contribution in [-0.2, 0) is 16.4 Å². The summed E-state index contributed by atoms with van der Waals surface area (Å²) in [6.07, 6.45) is 5.14. The fraction of sp³-hybridized carbons (Fsp3) is 0.600. The van der Waals surface area contributed by atoms with Gasteiger partial charge in [-0.2, -0.15) is 0 Å². The molecule has 0 radical (unpaired) electrons. The van der Waals surface area contributed by atoms with E-state index < -0.39 is 10.0 Å². The molecule has 9 heteroatoms. The second kappa shape index (κ2) is 8.24. The van der Waals surface area contributed by atoms with Gasteiger partial charge < -0.3 is 9.84 Å². The van der Waals surface area contributed by atoms with Gasteiger partial charge in [-0.1, -0.05) is 12.1 Å². The first-order chi connectivity index (χ1) is 11.1. The lowest BCUT2D eigenvalue weighted by atomic mass is 9.96. The number of nitrogens with one attached hydrogen (secondary N) is 2. The van der Waals surface area contributed by atoms with Crippen molar-refractivity contribution in [2.75, 3.05) is 19.6 Å². The van der Waals surface area contributed by atoms with E-state index in [1.807, 2.05) is 6.92 Å². The van der Waals surface area contributed by atoms with Crippen LogP contribution in [0, 0.1) is 5.92 Å². The number of halogens is 1. The van der Waals surface area contributed by atoms with Crippen LogP contribution in [0.25, 0.3) is 11.1 Å². The van der Waals surface area contributed by atoms with Gasteiger partial charge in [0.2, 0.25) is 10.0 Å². The van der Waals surface area contributed by atoms with E-state index in [4.69, 9.17) is 4.52 Å². The molecule has 0 saturated carbocycles. The van der Waals surface area contributed by atoms with Crippen molar-refractivity contribution in [3.05, 3.63) is 18.0 Å². The number of hydrogen-bond acceptors (Lipinski definition) is 6. The summed E-state index contributed by atoms with van der Waals surface area (Å²) >= 11 is 0. The van der Waals surface area contributed by atoms with Crippen LogP contribution >= 0.6 is 12.4 Å². The molecule has 0 amide bonds. The van der Waals surface area contributed by atoms with Crippen LogP contribution in [0.4, 0.5) is 0 Å². The minimum atomic E-state index is -3.56. The predicted molar refractivity (Wildman–Crippen MR) is 93.8 cm³/mol. The first kappa shape index (κ1) is 19.1. The first-order valence-electron chi connectivity index (χ1n) is 8.05. The Kier molecular flexibility index (Phi) is 6.56. The van der Waals surface area contributed by atoms with Gasteiger partial charge in [-0.15, -0.1) is 12.4 Å². The summed E-state index contributed by atoms with van der Waals surface area (Å²) in [5, 5.41) is 7.90. The van der Waals surface area contributed by atoms with Crippen LogP contribution in [0.3, 0.4) is 0 Å². The molecule has 2 aromatic rings. The van der Waals surface area contributed by atoms with E-state index in [2.05, 4.69) is 20.2 Å². The smallest absolute Gasteiger partial charge is 0.258 e. The Balaban J connectivity index is 0.00000208. The van der Waals surface area contributed by atoms with E-state index >= 15 is 0 Å². The third-order valence-electron chi connectivity index (χ3n) is 4.27. The van der Waals surface area contributed by atoms with Gasteiger partial charge in [-0.25, -0.2) is 18.1 Å². The Hall–Kier alpha value is -1.22. The summed E-state index contributed by atoms with van der Waals surface area (Å²) in [6.45, 7) is 4.41. The molecule has 7 nitrogen and oxygen atoms in total. The molecular formula is C15H23ClN4O3S. The van der Waals surface area contributed by atoms with E-state index in [9.17, 15) is 8.42 Å². The summed E-state index contributed by atoms with van der Waals surface area (Å²) in [5.41, 5.74) is 1.09. The maximum atomic E-state index is 12.4. The molecular weight excluding hydrogens is 352 g/mol. The highest BCUT2D eigenvalue weighted by Gasteiger charge is 2.19. The summed E-state index contributed by atoms with van der Waals surface area (Å²) in [6, 6.07) is 1.59. The van der Waals surface area contributed by atoms with E-state index in [0.717, 1.165) is 38.0 Å². The highest BCUT2D eigenvalue weighted by Crippen LogP contribution is 2.21. The molecule has 2 N–H and O–H groups in total. The van der Waals surface area contributed by atoms with Gasteiger partial charge >= 0.3 is 0 Å². The number of pyridine rings is 1. The van der Waals surface area contributed by atoms with Crippen LogP contribution in [0.15, 0.2) is 21.7 Å². The van der Waals surface area contributed by atoms with Crippen molar-refractivity contribution in [3.8, 4) is 0 Å². The monoisotopic (exact) mass is 374 g/mol. The van der Waals surface area contributed by atoms with Crippen LogP contribution in [-0.4, -0.2) is 38.2 Å². The predicted octanol–water partition coefficient (Wildman–Crippen LogP) is 1.87. The summed E-state index contributed by atoms with van der Waals surface area (Å²) < 4.78 is 32.6. The number of sulfonamides is 1. The standard InChI is InChI=1S/C15H22N4O3S.ClH/c1-2-14-13-8-12(10-17-15(13)22-19-14)23(20,21)18-7-5-11-4-3-6-16-9-11;/h8,10-11,16,18H,2-7,9H2,1H3;1H. The first-order valence-corrected chi connectivity index (χ1v) is 9.53. The molecule has 0 bridgehead atoms. The van der Waals surface area contributed by atoms with Crippen LogP contribution in [0.2, 0.25) is 0 Å². The number of hydrogen-bond donors (Lipinski definition) is 2. The Bertz CT molecular complexity index is 772. The van der Waals surface area contributed by atoms with Crippen LogP contribution < -0.4 is 10.0 Å². The zero-order valence-corrected chi connectivity index (χ0v) is 15.3. The second-order valence-electron chi connectivity index (χ2n) is 5.91. The number of aromatic nitrogens is 2. The van der Waals surface area contributed by atoms with Gasteiger partial charge in [-0.05, 0) is 50.8 Å². The molecule has 0 aromatic carbocycles. The van der Waals surface area contributed by atoms with Gasteiger partial charge in [0.05, 0.1) is 17.3 Å². The Morgan fingerprint density at radius 1 is 1.46 bits per heavy atom. The van der Waals surface area contributed by atoms with Crippen molar-refractivity contribution in [1.29, 1.82) is 0 Å². The molecule has 0 spiro atoms. The number of nitrogens with zero attached hydrogens (tertiary/aromatic N) is 2. The Morgan fingerprint density at radius 3 is 3.00 bits per heavy atom. The molecule has 3 heterocycles. The fourth-order valence-corrected chi connectivity index (χ4v) is 3.93. The number of aryl methyl sites for hydroxylation is 1. The normalized spacial score (nSPS) is 18.5. The van der Waals surface area contributed by atoms with Crippen LogP contribution in [0.1, 0.15) is 31.9 Å². The fourth-order valence-electron chi connectivity index (χ4n) is 2.91. The molecule has 1 fully saturated rings. The van der Waals surface area contributed by atoms with Crippen molar-refractivity contribution in [2.24, 2.45) is 5.92 Å². The Morgan fingerprint density at radius 2 is 2.29 bits per heavy atom. The third-order valence-corrected chi connectivity index (χ3v) is 5.70. The van der Waals surface area contributed by atoms with Gasteiger partial charge in [-0.3, -0.25) is 0 Å². The molecule has 134 valence electrons. The highest BCUT2D eigenvalue weighted by molar-refractivity contribution is 7.89. The number of fused-ring (bicyclic) bond motifs is 1. The van der Waals surface area contributed by atoms with E-state index in [1.165, 1.54) is 6.20 Å². The Labute approximate surface area is 148 Å². The molecule has 1 atom stereocenters. The lowest BCUT2D eigenvalue weighted by Crippen LogP contribution is -2.33. The maximum Gasteiger partial charge on any atom is 0.258 e. The minimum absolute atomic E-state index is 0. The van der Waals surface area contributed by atoms with Crippen molar-refractivity contribution in [2.45, 2.75) is 37.5 Å². The summed E-state index contributed by atoms with van der Waals surface area (Å²) in [7, 11) is -3.56. The van der Waals surface area contributed by atoms with Crippen molar-refractivity contribution < 1.29 is 12.9 Å². The largest absolute Gasteiger partial charge is 0.336 e. The minimum Gasteiger partial charge on any atom is -0.336 e. The van der Waals surface area contributed by atoms with E-state index in [-0.39, 0.29) is 17.3 Å². The van der Waals surface area contributed by atoms with Crippen molar-refractivity contribution in [1.82, 2.24) is 20.2 Å². The van der Waals surface area contributed by atoms with Gasteiger partial charge in [0.1, 0.15) is 4.90 Å². The molecule has 1 unspecified atom stereocenters. The zero-order chi connectivity index (χ0) is 16.3. The molecule has 24 heavy (non-hydrogen) atoms. The average Bonchev–Trinajstić information content (AvgIpc) is 2.98. The topological polar surface area (TPSA) is 97.1 Å². The van der Waals surface area contributed by atoms with Gasteiger partial charge in [0, 0.05) is 6.54 Å². The number of rotatable bonds is 6. The van der Waals surface area contributed by atoms with E-state index in [1.54, 1.807) is 6.07 Å². The number of piperidine rings is 1. The molecule has 2 aromatic heterocycles. The molecule has 3 rings (SSSR count). The highest BCUT2D eigenvalue weighted by atomic mass is 35.5. The van der Waals surface area contributed by atoms with Crippen molar-refractivity contribution in [3.63, 3.8) is 0 Å². The summed E-state index contributed by atoms with van der Waals surface area (Å²) in [4.78, 5) is 4.21. The molecule has 1 saturated heterocycles. The molecule has 0 aliphatic carbocycles. The maximum absolute atomic E-state index is 12.4. The average molecular weight is 375 g/mol. The lowest BCUT2D eigenvalue weighted by Gasteiger charge is -2.22. The van der Waals surface area contributed by atoms with E-state index in [0.29, 0.717) is 30.0 Å².